The summed E-state index contributed by atoms with van der Waals surface area (Å²) in [4.78, 5) is 0. The van der Waals surface area contributed by atoms with Gasteiger partial charge in [-0.3, -0.25) is 0 Å². The first-order valence-corrected chi connectivity index (χ1v) is 4.54. The van der Waals surface area contributed by atoms with Gasteiger partial charge in [0.2, 0.25) is 0 Å². The van der Waals surface area contributed by atoms with Gasteiger partial charge in [0, 0.05) is 5.56 Å². The van der Waals surface area contributed by atoms with Crippen molar-refractivity contribution in [2.24, 2.45) is 0 Å². The largest absolute Gasteiger partial charge is 0.497 e. The standard InChI is InChI=1S/C10H12O.C2H7N/c1-8-4-6-10(7-5-8)9(2)11-3;1-3-2/h4-7H,2H2,1,3H3;3H,1-2H3. The molecule has 0 aliphatic carbocycles. The highest BCUT2D eigenvalue weighted by Gasteiger charge is 1.94. The molecule has 0 radical (unpaired) electrons. The molecule has 0 atom stereocenters. The molecule has 0 aliphatic rings. The fraction of sp³-hybridized carbons (Fsp3) is 0.333. The lowest BCUT2D eigenvalue weighted by molar-refractivity contribution is 0.371. The van der Waals surface area contributed by atoms with Crippen molar-refractivity contribution in [1.82, 2.24) is 5.32 Å². The normalized spacial score (nSPS) is 8.57. The highest BCUT2D eigenvalue weighted by Crippen LogP contribution is 2.12. The summed E-state index contributed by atoms with van der Waals surface area (Å²) in [6.07, 6.45) is 0. The van der Waals surface area contributed by atoms with Gasteiger partial charge in [0.1, 0.15) is 5.76 Å². The Labute approximate surface area is 86.6 Å². The number of rotatable bonds is 2. The van der Waals surface area contributed by atoms with Crippen molar-refractivity contribution in [3.05, 3.63) is 42.0 Å². The Bertz CT molecular complexity index is 264. The van der Waals surface area contributed by atoms with Crippen molar-refractivity contribution < 1.29 is 4.74 Å². The van der Waals surface area contributed by atoms with Crippen LogP contribution in [-0.4, -0.2) is 21.2 Å². The van der Waals surface area contributed by atoms with E-state index >= 15 is 0 Å². The van der Waals surface area contributed by atoms with Gasteiger partial charge in [-0.1, -0.05) is 36.4 Å². The molecule has 14 heavy (non-hydrogen) atoms. The van der Waals surface area contributed by atoms with Gasteiger partial charge >= 0.3 is 0 Å². The van der Waals surface area contributed by atoms with Crippen molar-refractivity contribution >= 4 is 5.76 Å². The number of hydrogen-bond donors (Lipinski definition) is 1. The third-order valence-corrected chi connectivity index (χ3v) is 1.62. The average Bonchev–Trinajstić information content (AvgIpc) is 2.19. The lowest BCUT2D eigenvalue weighted by Crippen LogP contribution is -1.89. The summed E-state index contributed by atoms with van der Waals surface area (Å²) in [6.45, 7) is 5.81. The van der Waals surface area contributed by atoms with E-state index in [9.17, 15) is 0 Å². The molecule has 0 aliphatic heterocycles. The average molecular weight is 193 g/mol. The van der Waals surface area contributed by atoms with Crippen LogP contribution in [0.4, 0.5) is 0 Å². The van der Waals surface area contributed by atoms with Crippen LogP contribution >= 0.6 is 0 Å². The zero-order valence-electron chi connectivity index (χ0n) is 9.42. The summed E-state index contributed by atoms with van der Waals surface area (Å²) in [6, 6.07) is 8.08. The minimum absolute atomic E-state index is 0.713. The molecule has 0 unspecified atom stereocenters. The smallest absolute Gasteiger partial charge is 0.118 e. The van der Waals surface area contributed by atoms with Gasteiger partial charge in [0.15, 0.2) is 0 Å². The highest BCUT2D eigenvalue weighted by atomic mass is 16.5. The summed E-state index contributed by atoms with van der Waals surface area (Å²) in [5.74, 6) is 0.713. The van der Waals surface area contributed by atoms with E-state index in [0.29, 0.717) is 5.76 Å². The van der Waals surface area contributed by atoms with Crippen LogP contribution in [0.15, 0.2) is 30.8 Å². The molecule has 78 valence electrons. The minimum Gasteiger partial charge on any atom is -0.497 e. The molecule has 0 amide bonds. The molecule has 0 bridgehead atoms. The van der Waals surface area contributed by atoms with Gasteiger partial charge in [0.25, 0.3) is 0 Å². The van der Waals surface area contributed by atoms with Gasteiger partial charge in [0.05, 0.1) is 7.11 Å². The van der Waals surface area contributed by atoms with Crippen LogP contribution in [0, 0.1) is 6.92 Å². The van der Waals surface area contributed by atoms with Crippen molar-refractivity contribution in [3.63, 3.8) is 0 Å². The van der Waals surface area contributed by atoms with E-state index in [0.717, 1.165) is 5.56 Å². The van der Waals surface area contributed by atoms with Crippen molar-refractivity contribution in [1.29, 1.82) is 0 Å². The summed E-state index contributed by atoms with van der Waals surface area (Å²) in [7, 11) is 5.38. The predicted molar refractivity (Wildman–Crippen MR) is 62.2 cm³/mol. The third-order valence-electron chi connectivity index (χ3n) is 1.62. The van der Waals surface area contributed by atoms with Crippen LogP contribution in [0.2, 0.25) is 0 Å². The van der Waals surface area contributed by atoms with E-state index in [1.165, 1.54) is 5.56 Å². The highest BCUT2D eigenvalue weighted by molar-refractivity contribution is 5.57. The number of hydrogen-bond acceptors (Lipinski definition) is 2. The number of aryl methyl sites for hydroxylation is 1. The second kappa shape index (κ2) is 7.15. The predicted octanol–water partition coefficient (Wildman–Crippen LogP) is 2.45. The molecule has 1 N–H and O–H groups in total. The third kappa shape index (κ3) is 4.67. The maximum absolute atomic E-state index is 4.98. The maximum Gasteiger partial charge on any atom is 0.118 e. The van der Waals surface area contributed by atoms with Gasteiger partial charge in [-0.25, -0.2) is 0 Å². The van der Waals surface area contributed by atoms with Crippen LogP contribution in [0.25, 0.3) is 5.76 Å². The molecule has 0 saturated carbocycles. The molecule has 1 aromatic carbocycles. The monoisotopic (exact) mass is 193 g/mol. The Hall–Kier alpha value is -1.28. The van der Waals surface area contributed by atoms with Crippen molar-refractivity contribution in [2.75, 3.05) is 21.2 Å². The summed E-state index contributed by atoms with van der Waals surface area (Å²) < 4.78 is 4.98. The van der Waals surface area contributed by atoms with Crippen LogP contribution in [0.1, 0.15) is 11.1 Å². The van der Waals surface area contributed by atoms with Crippen molar-refractivity contribution in [3.8, 4) is 0 Å². The topological polar surface area (TPSA) is 21.3 Å². The molecule has 2 nitrogen and oxygen atoms in total. The molecular weight excluding hydrogens is 174 g/mol. The molecule has 0 aromatic heterocycles. The van der Waals surface area contributed by atoms with Gasteiger partial charge in [-0.05, 0) is 21.0 Å². The molecular formula is C12H19NO. The van der Waals surface area contributed by atoms with Crippen LogP contribution in [-0.2, 0) is 4.74 Å². The molecule has 2 heteroatoms. The zero-order valence-corrected chi connectivity index (χ0v) is 9.42. The quantitative estimate of drug-likeness (QED) is 0.728. The number of nitrogens with one attached hydrogen (secondary N) is 1. The minimum atomic E-state index is 0.713. The lowest BCUT2D eigenvalue weighted by Gasteiger charge is -2.03. The Balaban J connectivity index is 0.000000500. The van der Waals surface area contributed by atoms with Crippen LogP contribution in [0.5, 0.6) is 0 Å². The van der Waals surface area contributed by atoms with Gasteiger partial charge in [-0.15, -0.1) is 0 Å². The lowest BCUT2D eigenvalue weighted by atomic mass is 10.1. The maximum atomic E-state index is 4.98. The fourth-order valence-corrected chi connectivity index (χ4v) is 0.857. The molecule has 0 spiro atoms. The number of benzene rings is 1. The van der Waals surface area contributed by atoms with Gasteiger partial charge in [-0.2, -0.15) is 0 Å². The Morgan fingerprint density at radius 1 is 1.21 bits per heavy atom. The Kier molecular flexibility index (Phi) is 6.50. The van der Waals surface area contributed by atoms with Crippen molar-refractivity contribution in [2.45, 2.75) is 6.92 Å². The fourth-order valence-electron chi connectivity index (χ4n) is 0.857. The molecule has 0 saturated heterocycles. The number of methoxy groups -OCH3 is 1. The second-order valence-corrected chi connectivity index (χ2v) is 2.99. The van der Waals surface area contributed by atoms with E-state index < -0.39 is 0 Å². The van der Waals surface area contributed by atoms with Gasteiger partial charge < -0.3 is 10.1 Å². The molecule has 0 fully saturated rings. The van der Waals surface area contributed by atoms with E-state index in [1.54, 1.807) is 7.11 Å². The van der Waals surface area contributed by atoms with E-state index in [1.807, 2.05) is 38.4 Å². The van der Waals surface area contributed by atoms with E-state index in [-0.39, 0.29) is 0 Å². The molecule has 1 rings (SSSR count). The summed E-state index contributed by atoms with van der Waals surface area (Å²) in [5, 5.41) is 2.75. The van der Waals surface area contributed by atoms with Crippen LogP contribution in [0.3, 0.4) is 0 Å². The summed E-state index contributed by atoms with van der Waals surface area (Å²) in [5.41, 5.74) is 2.29. The Morgan fingerprint density at radius 3 is 2.00 bits per heavy atom. The first-order valence-electron chi connectivity index (χ1n) is 4.54. The summed E-state index contributed by atoms with van der Waals surface area (Å²) >= 11 is 0. The SMILES string of the molecule is C=C(OC)c1ccc(C)cc1.CNC. The van der Waals surface area contributed by atoms with E-state index in [4.69, 9.17) is 4.74 Å². The molecule has 1 aromatic rings. The first kappa shape index (κ1) is 12.7. The number of ether oxygens (including phenoxy) is 1. The van der Waals surface area contributed by atoms with Crippen LogP contribution < -0.4 is 5.32 Å². The zero-order chi connectivity index (χ0) is 11.0. The Morgan fingerprint density at radius 2 is 1.64 bits per heavy atom. The van der Waals surface area contributed by atoms with E-state index in [2.05, 4.69) is 18.8 Å². The first-order chi connectivity index (χ1) is 6.65. The second-order valence-electron chi connectivity index (χ2n) is 2.99. The molecule has 0 heterocycles.